The van der Waals surface area contributed by atoms with E-state index in [1.807, 2.05) is 30.3 Å². The van der Waals surface area contributed by atoms with Gasteiger partial charge in [-0.05, 0) is 19.1 Å². The Balaban J connectivity index is 2.07. The van der Waals surface area contributed by atoms with Crippen molar-refractivity contribution < 1.29 is 14.7 Å². The average molecular weight is 399 g/mol. The van der Waals surface area contributed by atoms with Crippen LogP contribution in [-0.2, 0) is 16.6 Å². The first-order valence-corrected chi connectivity index (χ1v) is 9.44. The number of amidine groups is 1. The maximum Gasteiger partial charge on any atom is 0.297 e. The Morgan fingerprint density at radius 3 is 2.61 bits per heavy atom. The Kier molecular flexibility index (Phi) is 5.55. The van der Waals surface area contributed by atoms with E-state index in [1.165, 1.54) is 15.7 Å². The molecule has 1 atom stereocenters. The Morgan fingerprint density at radius 2 is 2.00 bits per heavy atom. The van der Waals surface area contributed by atoms with E-state index in [9.17, 15) is 19.5 Å². The Morgan fingerprint density at radius 1 is 1.32 bits per heavy atom. The molecular weight excluding hydrogens is 380 g/mol. The number of para-hydroxylation sites is 1. The molecule has 3 rings (SSSR count). The van der Waals surface area contributed by atoms with Gasteiger partial charge in [-0.1, -0.05) is 36.0 Å². The lowest BCUT2D eigenvalue weighted by Crippen LogP contribution is -2.35. The van der Waals surface area contributed by atoms with Crippen molar-refractivity contribution in [2.45, 2.75) is 18.6 Å². The molecule has 1 aliphatic heterocycles. The highest BCUT2D eigenvalue weighted by Gasteiger charge is 2.37. The fourth-order valence-corrected chi connectivity index (χ4v) is 4.09. The third-order valence-corrected chi connectivity index (χ3v) is 5.59. The fourth-order valence-electron chi connectivity index (χ4n) is 2.95. The molecule has 0 spiro atoms. The quantitative estimate of drug-likeness (QED) is 0.667. The molecule has 1 aliphatic rings. The van der Waals surface area contributed by atoms with Gasteiger partial charge in [-0.3, -0.25) is 19.2 Å². The van der Waals surface area contributed by atoms with E-state index in [-0.39, 0.29) is 28.9 Å². The smallest absolute Gasteiger partial charge is 0.297 e. The predicted molar refractivity (Wildman–Crippen MR) is 106 cm³/mol. The van der Waals surface area contributed by atoms with Crippen LogP contribution in [0.2, 0.25) is 0 Å². The first kappa shape index (κ1) is 19.7. The molecule has 1 saturated heterocycles. The van der Waals surface area contributed by atoms with E-state index in [0.29, 0.717) is 11.4 Å². The summed E-state index contributed by atoms with van der Waals surface area (Å²) in [6.45, 7) is 5.56. The summed E-state index contributed by atoms with van der Waals surface area (Å²) < 4.78 is 3.18. The minimum Gasteiger partial charge on any atom is -0.550 e. The number of hydrogen-bond acceptors (Lipinski definition) is 6. The molecule has 2 aromatic rings. The molecular formula is C19H19N4O4S-. The lowest BCUT2D eigenvalue weighted by atomic mass is 10.3. The van der Waals surface area contributed by atoms with Crippen LogP contribution in [0.3, 0.4) is 0 Å². The molecule has 0 bridgehead atoms. The van der Waals surface area contributed by atoms with Gasteiger partial charge in [0, 0.05) is 26.0 Å². The summed E-state index contributed by atoms with van der Waals surface area (Å²) >= 11 is 1.02. The number of carboxylic acids is 1. The highest BCUT2D eigenvalue weighted by molar-refractivity contribution is 8.15. The lowest BCUT2D eigenvalue weighted by Gasteiger charge is -2.13. The molecule has 1 aromatic heterocycles. The van der Waals surface area contributed by atoms with Gasteiger partial charge in [-0.25, -0.2) is 9.67 Å². The van der Waals surface area contributed by atoms with E-state index >= 15 is 0 Å². The topological polar surface area (TPSA) is 99.7 Å². The molecule has 0 saturated carbocycles. The number of hydrogen-bond donors (Lipinski definition) is 0. The zero-order chi connectivity index (χ0) is 20.4. The number of benzene rings is 1. The van der Waals surface area contributed by atoms with Crippen LogP contribution in [0.5, 0.6) is 0 Å². The highest BCUT2D eigenvalue weighted by Crippen LogP contribution is 2.31. The number of amides is 1. The summed E-state index contributed by atoms with van der Waals surface area (Å²) in [6.07, 6.45) is 1.10. The number of aromatic nitrogens is 2. The number of aliphatic carboxylic acids is 1. The van der Waals surface area contributed by atoms with Crippen LogP contribution in [0.4, 0.5) is 5.69 Å². The number of nitrogens with zero attached hydrogens (tertiary/aromatic N) is 4. The summed E-state index contributed by atoms with van der Waals surface area (Å²) in [7, 11) is 1.75. The zero-order valence-electron chi connectivity index (χ0n) is 15.5. The molecule has 9 heteroatoms. The first-order valence-electron chi connectivity index (χ1n) is 8.56. The molecule has 1 fully saturated rings. The van der Waals surface area contributed by atoms with Gasteiger partial charge < -0.3 is 9.90 Å². The number of carbonyl (C=O) groups excluding carboxylic acids is 2. The molecule has 0 radical (unpaired) electrons. The van der Waals surface area contributed by atoms with Gasteiger partial charge >= 0.3 is 0 Å². The van der Waals surface area contributed by atoms with Gasteiger partial charge in [-0.15, -0.1) is 6.58 Å². The SMILES string of the molecule is C=CCN1C(=O)[C@@H](CC(=O)[O-])SC1=Nc1c(C)n(C)n(-c2ccccc2)c1=O. The number of thioether (sulfide) groups is 1. The van der Waals surface area contributed by atoms with Gasteiger partial charge in [0.25, 0.3) is 5.56 Å². The second-order valence-corrected chi connectivity index (χ2v) is 7.39. The Labute approximate surface area is 165 Å². The minimum atomic E-state index is -1.31. The van der Waals surface area contributed by atoms with Crippen LogP contribution >= 0.6 is 11.8 Å². The number of rotatable bonds is 6. The summed E-state index contributed by atoms with van der Waals surface area (Å²) in [4.78, 5) is 42.2. The second kappa shape index (κ2) is 7.89. The normalized spacial score (nSPS) is 18.1. The number of aliphatic imine (C=N–C) groups is 1. The van der Waals surface area contributed by atoms with Gasteiger partial charge in [0.15, 0.2) is 10.9 Å². The van der Waals surface area contributed by atoms with Crippen LogP contribution in [0.1, 0.15) is 12.1 Å². The Bertz CT molecular complexity index is 1020. The number of carbonyl (C=O) groups is 2. The van der Waals surface area contributed by atoms with Gasteiger partial charge in [-0.2, -0.15) is 0 Å². The molecule has 8 nitrogen and oxygen atoms in total. The van der Waals surface area contributed by atoms with Crippen LogP contribution in [0.15, 0.2) is 52.8 Å². The van der Waals surface area contributed by atoms with Crippen LogP contribution in [0.25, 0.3) is 5.69 Å². The van der Waals surface area contributed by atoms with Crippen LogP contribution < -0.4 is 10.7 Å². The summed E-state index contributed by atoms with van der Waals surface area (Å²) in [5, 5.41) is 10.4. The van der Waals surface area contributed by atoms with Crippen molar-refractivity contribution in [2.75, 3.05) is 6.54 Å². The van der Waals surface area contributed by atoms with E-state index in [2.05, 4.69) is 11.6 Å². The largest absolute Gasteiger partial charge is 0.550 e. The third kappa shape index (κ3) is 3.53. The van der Waals surface area contributed by atoms with E-state index in [1.54, 1.807) is 18.7 Å². The molecule has 28 heavy (non-hydrogen) atoms. The lowest BCUT2D eigenvalue weighted by molar-refractivity contribution is -0.305. The van der Waals surface area contributed by atoms with Gasteiger partial charge in [0.2, 0.25) is 5.91 Å². The molecule has 1 aromatic carbocycles. The fraction of sp³-hybridized carbons (Fsp3) is 0.263. The average Bonchev–Trinajstić information content (AvgIpc) is 3.05. The predicted octanol–water partition coefficient (Wildman–Crippen LogP) is 0.742. The van der Waals surface area contributed by atoms with Crippen molar-refractivity contribution in [3.8, 4) is 5.69 Å². The second-order valence-electron chi connectivity index (χ2n) is 6.22. The molecule has 2 heterocycles. The molecule has 146 valence electrons. The van der Waals surface area contributed by atoms with Crippen molar-refractivity contribution in [3.63, 3.8) is 0 Å². The summed E-state index contributed by atoms with van der Waals surface area (Å²) in [5.41, 5.74) is 1.19. The maximum absolute atomic E-state index is 13.0. The van der Waals surface area contributed by atoms with Crippen molar-refractivity contribution in [1.82, 2.24) is 14.3 Å². The molecule has 0 aliphatic carbocycles. The summed E-state index contributed by atoms with van der Waals surface area (Å²) in [5.74, 6) is -1.70. The van der Waals surface area contributed by atoms with Gasteiger partial charge in [0.1, 0.15) is 0 Å². The molecule has 1 amide bonds. The number of carboxylic acid groups (broad SMARTS) is 1. The van der Waals surface area contributed by atoms with Crippen molar-refractivity contribution >= 4 is 34.5 Å². The first-order chi connectivity index (χ1) is 13.3. The molecule has 0 unspecified atom stereocenters. The minimum absolute atomic E-state index is 0.174. The van der Waals surface area contributed by atoms with E-state index in [0.717, 1.165) is 11.8 Å². The van der Waals surface area contributed by atoms with Crippen LogP contribution in [0, 0.1) is 6.92 Å². The Hall–Kier alpha value is -3.07. The van der Waals surface area contributed by atoms with Crippen molar-refractivity contribution in [3.05, 3.63) is 59.0 Å². The van der Waals surface area contributed by atoms with E-state index < -0.39 is 17.6 Å². The third-order valence-electron chi connectivity index (χ3n) is 4.42. The zero-order valence-corrected chi connectivity index (χ0v) is 16.3. The van der Waals surface area contributed by atoms with Crippen molar-refractivity contribution in [1.29, 1.82) is 0 Å². The van der Waals surface area contributed by atoms with Gasteiger partial charge in [0.05, 0.1) is 16.6 Å². The standard InChI is InChI=1S/C19H20N4O4S/c1-4-10-22-17(26)14(11-15(24)25)28-19(22)20-16-12(2)21(3)23(18(16)27)13-8-6-5-7-9-13/h4-9,14H,1,10-11H2,2-3H3,(H,24,25)/p-1/t14-/m1/s1. The molecule has 0 N–H and O–H groups in total. The maximum atomic E-state index is 13.0. The van der Waals surface area contributed by atoms with E-state index in [4.69, 9.17) is 0 Å². The monoisotopic (exact) mass is 399 g/mol. The summed E-state index contributed by atoms with van der Waals surface area (Å²) in [6, 6.07) is 9.14. The highest BCUT2D eigenvalue weighted by atomic mass is 32.2. The van der Waals surface area contributed by atoms with Crippen LogP contribution in [-0.4, -0.2) is 43.1 Å². The van der Waals surface area contributed by atoms with Crippen molar-refractivity contribution in [2.24, 2.45) is 12.0 Å².